The van der Waals surface area contributed by atoms with Crippen molar-refractivity contribution < 1.29 is 0 Å². The topological polar surface area (TPSA) is 25.8 Å². The number of aromatic nitrogens is 2. The van der Waals surface area contributed by atoms with Crippen LogP contribution < -0.4 is 10.9 Å². The molecule has 4 heteroatoms. The van der Waals surface area contributed by atoms with E-state index in [9.17, 15) is 0 Å². The lowest BCUT2D eigenvalue weighted by atomic mass is 9.86. The summed E-state index contributed by atoms with van der Waals surface area (Å²) in [4.78, 5) is 9.63. The first-order chi connectivity index (χ1) is 11.7. The minimum Gasteiger partial charge on any atom is -0.244 e. The Labute approximate surface area is 143 Å². The summed E-state index contributed by atoms with van der Waals surface area (Å²) in [5.74, 6) is 0. The zero-order chi connectivity index (χ0) is 16.5. The molecular weight excluding hydrogens is 290 g/mol. The highest BCUT2D eigenvalue weighted by Crippen LogP contribution is 2.29. The molecule has 1 aromatic heterocycles. The molecule has 0 aliphatic rings. The van der Waals surface area contributed by atoms with E-state index in [1.165, 1.54) is 0 Å². The second kappa shape index (κ2) is 5.97. The van der Waals surface area contributed by atoms with Crippen molar-refractivity contribution in [1.82, 2.24) is 9.97 Å². The molecule has 4 aromatic rings. The molecule has 0 saturated heterocycles. The monoisotopic (exact) mass is 302 g/mol. The molecule has 0 bridgehead atoms. The van der Waals surface area contributed by atoms with E-state index >= 15 is 0 Å². The molecule has 1 heterocycles. The van der Waals surface area contributed by atoms with Crippen LogP contribution in [0, 0.1) is 0 Å². The van der Waals surface area contributed by atoms with Crippen LogP contribution in [0.5, 0.6) is 0 Å². The number of hydrogen-bond donors (Lipinski definition) is 0. The number of benzene rings is 3. The highest BCUT2D eigenvalue weighted by atomic mass is 14.8. The summed E-state index contributed by atoms with van der Waals surface area (Å²) in [6, 6.07) is 23.5. The average molecular weight is 302 g/mol. The molecule has 0 spiro atoms. The standard InChI is InChI=1S/C20H12B2N2/c21-15-11-12-16(22)20-19(15)23-17(13-7-3-1-4-8-13)18(24-20)14-9-5-2-6-10-14/h1-12H. The fraction of sp³-hybridized carbons (Fsp3) is 0. The second-order valence-electron chi connectivity index (χ2n) is 5.59. The molecule has 24 heavy (non-hydrogen) atoms. The molecule has 3 aromatic carbocycles. The third kappa shape index (κ3) is 2.50. The third-order valence-electron chi connectivity index (χ3n) is 3.98. The van der Waals surface area contributed by atoms with Crippen LogP contribution in [0.3, 0.4) is 0 Å². The molecule has 4 radical (unpaired) electrons. The normalized spacial score (nSPS) is 10.8. The van der Waals surface area contributed by atoms with Crippen molar-refractivity contribution in [3.8, 4) is 22.5 Å². The van der Waals surface area contributed by atoms with Crippen molar-refractivity contribution >= 4 is 37.7 Å². The lowest BCUT2D eigenvalue weighted by Gasteiger charge is -2.13. The molecule has 0 fully saturated rings. The Kier molecular flexibility index (Phi) is 3.66. The fourth-order valence-corrected chi connectivity index (χ4v) is 2.77. The van der Waals surface area contributed by atoms with Gasteiger partial charge in [0, 0.05) is 11.1 Å². The van der Waals surface area contributed by atoms with E-state index in [0.29, 0.717) is 22.0 Å². The maximum Gasteiger partial charge on any atom is 0.116 e. The minimum atomic E-state index is 0.573. The van der Waals surface area contributed by atoms with Crippen LogP contribution in [-0.2, 0) is 0 Å². The van der Waals surface area contributed by atoms with Gasteiger partial charge in [0.2, 0.25) is 0 Å². The van der Waals surface area contributed by atoms with E-state index in [-0.39, 0.29) is 0 Å². The summed E-state index contributed by atoms with van der Waals surface area (Å²) in [5, 5.41) is 0. The Morgan fingerprint density at radius 3 is 1.25 bits per heavy atom. The van der Waals surface area contributed by atoms with Crippen molar-refractivity contribution in [2.75, 3.05) is 0 Å². The summed E-state index contributed by atoms with van der Waals surface area (Å²) in [6.07, 6.45) is 0. The van der Waals surface area contributed by atoms with Crippen LogP contribution in [0.4, 0.5) is 0 Å². The Morgan fingerprint density at radius 2 is 0.875 bits per heavy atom. The summed E-state index contributed by atoms with van der Waals surface area (Å²) in [6.45, 7) is 0. The zero-order valence-corrected chi connectivity index (χ0v) is 13.0. The van der Waals surface area contributed by atoms with E-state index in [1.807, 2.05) is 60.7 Å². The first-order valence-corrected chi connectivity index (χ1v) is 7.70. The quantitative estimate of drug-likeness (QED) is 0.532. The van der Waals surface area contributed by atoms with Gasteiger partial charge in [0.15, 0.2) is 0 Å². The van der Waals surface area contributed by atoms with Crippen LogP contribution in [0.25, 0.3) is 33.5 Å². The number of rotatable bonds is 2. The zero-order valence-electron chi connectivity index (χ0n) is 13.0. The van der Waals surface area contributed by atoms with Crippen LogP contribution in [0.2, 0.25) is 0 Å². The molecule has 0 saturated carbocycles. The van der Waals surface area contributed by atoms with Gasteiger partial charge in [-0.25, -0.2) is 9.97 Å². The minimum absolute atomic E-state index is 0.573. The number of nitrogens with zero attached hydrogens (tertiary/aromatic N) is 2. The second-order valence-corrected chi connectivity index (χ2v) is 5.59. The molecule has 2 nitrogen and oxygen atoms in total. The van der Waals surface area contributed by atoms with Gasteiger partial charge in [0.05, 0.1) is 22.4 Å². The SMILES string of the molecule is [B]c1ccc([B])c2nc(-c3ccccc3)c(-c3ccccc3)nc12. The van der Waals surface area contributed by atoms with Gasteiger partial charge in [-0.1, -0.05) is 83.7 Å². The molecule has 0 amide bonds. The predicted octanol–water partition coefficient (Wildman–Crippen LogP) is 2.55. The highest BCUT2D eigenvalue weighted by molar-refractivity contribution is 6.44. The summed E-state index contributed by atoms with van der Waals surface area (Å²) in [5.41, 5.74) is 5.99. The summed E-state index contributed by atoms with van der Waals surface area (Å²) >= 11 is 0. The van der Waals surface area contributed by atoms with Gasteiger partial charge >= 0.3 is 0 Å². The van der Waals surface area contributed by atoms with Crippen molar-refractivity contribution in [3.05, 3.63) is 72.8 Å². The Balaban J connectivity index is 2.10. The van der Waals surface area contributed by atoms with Gasteiger partial charge in [-0.2, -0.15) is 0 Å². The van der Waals surface area contributed by atoms with Gasteiger partial charge < -0.3 is 0 Å². The smallest absolute Gasteiger partial charge is 0.116 e. The molecule has 0 aliphatic carbocycles. The maximum atomic E-state index is 6.10. The molecule has 0 aliphatic heterocycles. The Hall–Kier alpha value is -2.87. The van der Waals surface area contributed by atoms with E-state index in [1.54, 1.807) is 12.1 Å². The van der Waals surface area contributed by atoms with Crippen LogP contribution >= 0.6 is 0 Å². The van der Waals surface area contributed by atoms with Crippen molar-refractivity contribution in [3.63, 3.8) is 0 Å². The summed E-state index contributed by atoms with van der Waals surface area (Å²) < 4.78 is 0. The van der Waals surface area contributed by atoms with Crippen molar-refractivity contribution in [1.29, 1.82) is 0 Å². The van der Waals surface area contributed by atoms with E-state index < -0.39 is 0 Å². The van der Waals surface area contributed by atoms with Gasteiger partial charge in [0.25, 0.3) is 0 Å². The van der Waals surface area contributed by atoms with Crippen molar-refractivity contribution in [2.45, 2.75) is 0 Å². The maximum absolute atomic E-state index is 6.10. The molecule has 4 rings (SSSR count). The fourth-order valence-electron chi connectivity index (χ4n) is 2.77. The van der Waals surface area contributed by atoms with Crippen LogP contribution in [0.15, 0.2) is 72.8 Å². The lowest BCUT2D eigenvalue weighted by Crippen LogP contribution is -2.16. The first kappa shape index (κ1) is 14.7. The van der Waals surface area contributed by atoms with Crippen LogP contribution in [0.1, 0.15) is 0 Å². The van der Waals surface area contributed by atoms with E-state index in [0.717, 1.165) is 22.5 Å². The number of fused-ring (bicyclic) bond motifs is 1. The van der Waals surface area contributed by atoms with Gasteiger partial charge in [-0.05, 0) is 0 Å². The lowest BCUT2D eigenvalue weighted by molar-refractivity contribution is 1.30. The van der Waals surface area contributed by atoms with Gasteiger partial charge in [0.1, 0.15) is 15.7 Å². The number of hydrogen-bond acceptors (Lipinski definition) is 2. The Morgan fingerprint density at radius 1 is 0.500 bits per heavy atom. The van der Waals surface area contributed by atoms with E-state index in [4.69, 9.17) is 25.7 Å². The van der Waals surface area contributed by atoms with Crippen LogP contribution in [-0.4, -0.2) is 25.7 Å². The molecular formula is C20H12B2N2. The highest BCUT2D eigenvalue weighted by Gasteiger charge is 2.14. The molecule has 0 atom stereocenters. The largest absolute Gasteiger partial charge is 0.244 e. The first-order valence-electron chi connectivity index (χ1n) is 7.70. The van der Waals surface area contributed by atoms with Crippen molar-refractivity contribution in [2.24, 2.45) is 0 Å². The summed E-state index contributed by atoms with van der Waals surface area (Å²) in [7, 11) is 12.2. The van der Waals surface area contributed by atoms with E-state index in [2.05, 4.69) is 0 Å². The molecule has 108 valence electrons. The van der Waals surface area contributed by atoms with Gasteiger partial charge in [-0.3, -0.25) is 0 Å². The van der Waals surface area contributed by atoms with Gasteiger partial charge in [-0.15, -0.1) is 0 Å². The molecule has 0 unspecified atom stereocenters. The molecule has 0 N–H and O–H groups in total. The third-order valence-corrected chi connectivity index (χ3v) is 3.98. The Bertz CT molecular complexity index is 932. The average Bonchev–Trinajstić information content (AvgIpc) is 2.65. The predicted molar refractivity (Wildman–Crippen MR) is 101 cm³/mol.